The normalized spacial score (nSPS) is 19.2. The van der Waals surface area contributed by atoms with E-state index in [1.54, 1.807) is 0 Å². The Bertz CT molecular complexity index is 868. The van der Waals surface area contributed by atoms with Crippen LogP contribution in [0.5, 0.6) is 5.75 Å². The summed E-state index contributed by atoms with van der Waals surface area (Å²) in [4.78, 5) is 24.3. The van der Waals surface area contributed by atoms with Crippen LogP contribution in [0.1, 0.15) is 32.1 Å². The molecule has 1 aromatic heterocycles. The molecule has 4 rings (SSSR count). The van der Waals surface area contributed by atoms with Gasteiger partial charge in [0.25, 0.3) is 5.56 Å². The van der Waals surface area contributed by atoms with Gasteiger partial charge >= 0.3 is 0 Å². The van der Waals surface area contributed by atoms with Crippen LogP contribution in [-0.4, -0.2) is 67.9 Å². The highest BCUT2D eigenvalue weighted by Gasteiger charge is 2.23. The molecule has 1 aromatic carbocycles. The maximum absolute atomic E-state index is 12.5. The third-order valence-electron chi connectivity index (χ3n) is 6.12. The van der Waals surface area contributed by atoms with Crippen LogP contribution in [-0.2, 0) is 4.74 Å². The molecule has 0 bridgehead atoms. The molecule has 7 heteroatoms. The Labute approximate surface area is 172 Å². The molecule has 158 valence electrons. The molecule has 1 N–H and O–H groups in total. The molecule has 0 unspecified atom stereocenters. The van der Waals surface area contributed by atoms with Gasteiger partial charge in [0.2, 0.25) is 0 Å². The smallest absolute Gasteiger partial charge is 0.262 e. The number of aromatic nitrogens is 2. The lowest BCUT2D eigenvalue weighted by atomic mass is 9.93. The Morgan fingerprint density at radius 2 is 1.97 bits per heavy atom. The van der Waals surface area contributed by atoms with E-state index in [1.165, 1.54) is 25.6 Å². The average Bonchev–Trinajstić information content (AvgIpc) is 2.73. The average molecular weight is 401 g/mol. The maximum Gasteiger partial charge on any atom is 0.262 e. The van der Waals surface area contributed by atoms with Crippen molar-refractivity contribution < 1.29 is 9.47 Å². The second-order valence-electron chi connectivity index (χ2n) is 8.52. The highest BCUT2D eigenvalue weighted by Crippen LogP contribution is 2.33. The number of fused-ring (bicyclic) bond motifs is 1. The zero-order chi connectivity index (χ0) is 20.2. The molecule has 0 saturated carbocycles. The number of H-pyrrole nitrogens is 1. The van der Waals surface area contributed by atoms with Gasteiger partial charge in [-0.2, -0.15) is 0 Å². The van der Waals surface area contributed by atoms with Crippen molar-refractivity contribution in [1.29, 1.82) is 0 Å². The Balaban J connectivity index is 1.55. The Hall–Kier alpha value is -2.12. The van der Waals surface area contributed by atoms with E-state index in [2.05, 4.69) is 33.9 Å². The van der Waals surface area contributed by atoms with Crippen molar-refractivity contribution in [2.75, 3.05) is 51.8 Å². The van der Waals surface area contributed by atoms with Crippen LogP contribution in [0.3, 0.4) is 0 Å². The van der Waals surface area contributed by atoms with Crippen LogP contribution in [0.15, 0.2) is 23.3 Å². The lowest BCUT2D eigenvalue weighted by Gasteiger charge is -2.34. The Kier molecular flexibility index (Phi) is 6.35. The summed E-state index contributed by atoms with van der Waals surface area (Å²) < 4.78 is 11.7. The third kappa shape index (κ3) is 4.90. The Morgan fingerprint density at radius 1 is 1.21 bits per heavy atom. The van der Waals surface area contributed by atoms with Crippen molar-refractivity contribution in [2.24, 2.45) is 5.92 Å². The lowest BCUT2D eigenvalue weighted by molar-refractivity contribution is 0.0262. The number of benzene rings is 1. The number of anilines is 1. The summed E-state index contributed by atoms with van der Waals surface area (Å²) >= 11 is 0. The number of ether oxygens (including phenoxy) is 2. The number of nitrogens with zero attached hydrogens (tertiary/aromatic N) is 3. The summed E-state index contributed by atoms with van der Waals surface area (Å²) in [5, 5.41) is 0.545. The van der Waals surface area contributed by atoms with Gasteiger partial charge in [0, 0.05) is 37.7 Å². The molecule has 3 heterocycles. The molecular formula is C22H32N4O3. The van der Waals surface area contributed by atoms with Gasteiger partial charge in [-0.15, -0.1) is 0 Å². The molecule has 0 amide bonds. The highest BCUT2D eigenvalue weighted by atomic mass is 16.5. The Morgan fingerprint density at radius 3 is 2.69 bits per heavy atom. The van der Waals surface area contributed by atoms with Gasteiger partial charge in [0.05, 0.1) is 25.1 Å². The van der Waals surface area contributed by atoms with E-state index in [9.17, 15) is 4.79 Å². The van der Waals surface area contributed by atoms with Crippen LogP contribution >= 0.6 is 0 Å². The molecule has 2 saturated heterocycles. The van der Waals surface area contributed by atoms with E-state index in [-0.39, 0.29) is 11.7 Å². The molecule has 0 spiro atoms. The monoisotopic (exact) mass is 400 g/mol. The van der Waals surface area contributed by atoms with Crippen LogP contribution < -0.4 is 15.2 Å². The molecule has 2 fully saturated rings. The van der Waals surface area contributed by atoms with Crippen LogP contribution in [0.4, 0.5) is 5.69 Å². The number of piperidine rings is 1. The fourth-order valence-corrected chi connectivity index (χ4v) is 4.32. The van der Waals surface area contributed by atoms with Crippen molar-refractivity contribution in [3.8, 4) is 5.75 Å². The molecule has 2 aliphatic rings. The topological polar surface area (TPSA) is 70.7 Å². The van der Waals surface area contributed by atoms with Crippen molar-refractivity contribution in [2.45, 2.75) is 38.2 Å². The van der Waals surface area contributed by atoms with E-state index >= 15 is 0 Å². The van der Waals surface area contributed by atoms with Gasteiger partial charge in [0.1, 0.15) is 17.2 Å². The fraction of sp³-hybridized carbons (Fsp3) is 0.636. The van der Waals surface area contributed by atoms with Gasteiger partial charge < -0.3 is 24.3 Å². The van der Waals surface area contributed by atoms with Gasteiger partial charge in [-0.3, -0.25) is 4.79 Å². The summed E-state index contributed by atoms with van der Waals surface area (Å²) in [6.45, 7) is 4.62. The SMILES string of the molecule is CN(C)CCC1CCN(c2cc(OC3CCOCC3)c3c(=O)[nH]cnc3c2)CC1. The zero-order valence-corrected chi connectivity index (χ0v) is 17.5. The first-order valence-electron chi connectivity index (χ1n) is 10.8. The number of hydrogen-bond acceptors (Lipinski definition) is 6. The first-order chi connectivity index (χ1) is 14.1. The number of hydrogen-bond donors (Lipinski definition) is 1. The van der Waals surface area contributed by atoms with E-state index in [4.69, 9.17) is 9.47 Å². The summed E-state index contributed by atoms with van der Waals surface area (Å²) in [6.07, 6.45) is 6.91. The minimum atomic E-state index is -0.147. The van der Waals surface area contributed by atoms with Gasteiger partial charge in [0.15, 0.2) is 0 Å². The van der Waals surface area contributed by atoms with Gasteiger partial charge in [-0.1, -0.05) is 0 Å². The number of rotatable bonds is 6. The maximum atomic E-state index is 12.5. The van der Waals surface area contributed by atoms with E-state index < -0.39 is 0 Å². The summed E-state index contributed by atoms with van der Waals surface area (Å²) in [7, 11) is 4.28. The highest BCUT2D eigenvalue weighted by molar-refractivity contribution is 5.88. The molecule has 0 atom stereocenters. The van der Waals surface area contributed by atoms with Gasteiger partial charge in [-0.05, 0) is 51.9 Å². The molecule has 7 nitrogen and oxygen atoms in total. The van der Waals surface area contributed by atoms with Crippen molar-refractivity contribution in [3.63, 3.8) is 0 Å². The predicted molar refractivity (Wildman–Crippen MR) is 115 cm³/mol. The van der Waals surface area contributed by atoms with Crippen LogP contribution in [0, 0.1) is 5.92 Å². The van der Waals surface area contributed by atoms with Crippen molar-refractivity contribution in [1.82, 2.24) is 14.9 Å². The zero-order valence-electron chi connectivity index (χ0n) is 17.5. The first kappa shape index (κ1) is 20.2. The third-order valence-corrected chi connectivity index (χ3v) is 6.12. The molecule has 0 radical (unpaired) electrons. The second-order valence-corrected chi connectivity index (χ2v) is 8.52. The summed E-state index contributed by atoms with van der Waals surface area (Å²) in [6, 6.07) is 4.07. The second kappa shape index (κ2) is 9.13. The molecule has 2 aliphatic heterocycles. The predicted octanol–water partition coefficient (Wildman–Crippen LogP) is 2.65. The molecule has 29 heavy (non-hydrogen) atoms. The van der Waals surface area contributed by atoms with E-state index in [0.29, 0.717) is 29.9 Å². The van der Waals surface area contributed by atoms with Gasteiger partial charge in [-0.25, -0.2) is 4.98 Å². The van der Waals surface area contributed by atoms with Crippen LogP contribution in [0.2, 0.25) is 0 Å². The largest absolute Gasteiger partial charge is 0.489 e. The molecule has 2 aromatic rings. The minimum absolute atomic E-state index is 0.0820. The van der Waals surface area contributed by atoms with Crippen LogP contribution in [0.25, 0.3) is 10.9 Å². The van der Waals surface area contributed by atoms with E-state index in [0.717, 1.165) is 44.1 Å². The first-order valence-corrected chi connectivity index (χ1v) is 10.8. The standard InChI is InChI=1S/C22H32N4O3/c1-25(2)8-3-16-4-9-26(10-5-16)17-13-19-21(22(27)24-15-23-19)20(14-17)29-18-6-11-28-12-7-18/h13-16,18H,3-12H2,1-2H3,(H,23,24,27). The molecular weight excluding hydrogens is 368 g/mol. The summed E-state index contributed by atoms with van der Waals surface area (Å²) in [5.41, 5.74) is 1.65. The minimum Gasteiger partial charge on any atom is -0.489 e. The van der Waals surface area contributed by atoms with E-state index in [1.807, 2.05) is 12.1 Å². The fourth-order valence-electron chi connectivity index (χ4n) is 4.32. The lowest BCUT2D eigenvalue weighted by Crippen LogP contribution is -2.34. The van der Waals surface area contributed by atoms with Crippen molar-refractivity contribution >= 4 is 16.6 Å². The number of aromatic amines is 1. The summed E-state index contributed by atoms with van der Waals surface area (Å²) in [5.74, 6) is 1.43. The number of nitrogens with one attached hydrogen (secondary N) is 1. The quantitative estimate of drug-likeness (QED) is 0.804. The van der Waals surface area contributed by atoms with Crippen molar-refractivity contribution in [3.05, 3.63) is 28.8 Å². The molecule has 0 aliphatic carbocycles.